The van der Waals surface area contributed by atoms with E-state index in [-0.39, 0.29) is 6.79 Å². The predicted octanol–water partition coefficient (Wildman–Crippen LogP) is 4.08. The molecule has 150 valence electrons. The molecule has 3 aromatic rings. The van der Waals surface area contributed by atoms with E-state index in [2.05, 4.69) is 60.2 Å². The second-order valence-electron chi connectivity index (χ2n) is 8.20. The Labute approximate surface area is 171 Å². The molecule has 0 aliphatic carbocycles. The summed E-state index contributed by atoms with van der Waals surface area (Å²) in [6.45, 7) is 7.81. The second kappa shape index (κ2) is 7.65. The van der Waals surface area contributed by atoms with E-state index in [0.29, 0.717) is 0 Å². The van der Waals surface area contributed by atoms with E-state index in [1.54, 1.807) is 0 Å². The van der Waals surface area contributed by atoms with Crippen LogP contribution in [0, 0.1) is 6.92 Å². The van der Waals surface area contributed by atoms with E-state index in [9.17, 15) is 0 Å². The van der Waals surface area contributed by atoms with Crippen LogP contribution in [-0.4, -0.2) is 54.8 Å². The lowest BCUT2D eigenvalue weighted by atomic mass is 10.0. The predicted molar refractivity (Wildman–Crippen MR) is 115 cm³/mol. The largest absolute Gasteiger partial charge is 0.454 e. The minimum atomic E-state index is 0.282. The number of pyridine rings is 1. The fourth-order valence-corrected chi connectivity index (χ4v) is 4.27. The summed E-state index contributed by atoms with van der Waals surface area (Å²) in [5, 5.41) is 1.10. The van der Waals surface area contributed by atoms with Crippen molar-refractivity contribution >= 4 is 10.9 Å². The number of aryl methyl sites for hydroxylation is 1. The number of likely N-dealkylation sites (N-methyl/N-ethyl adjacent to an activating group) is 1. The number of hydrogen-bond acceptors (Lipinski definition) is 5. The van der Waals surface area contributed by atoms with Crippen molar-refractivity contribution in [3.8, 4) is 22.8 Å². The quantitative estimate of drug-likeness (QED) is 0.675. The van der Waals surface area contributed by atoms with Crippen LogP contribution in [0.1, 0.15) is 17.5 Å². The molecular formula is C24H27N3O2. The summed E-state index contributed by atoms with van der Waals surface area (Å²) in [5.74, 6) is 1.59. The first-order valence-electron chi connectivity index (χ1n) is 10.4. The highest BCUT2D eigenvalue weighted by atomic mass is 16.7. The zero-order valence-corrected chi connectivity index (χ0v) is 17.1. The van der Waals surface area contributed by atoms with Gasteiger partial charge in [0.15, 0.2) is 11.5 Å². The van der Waals surface area contributed by atoms with Crippen molar-refractivity contribution in [2.75, 3.05) is 40.0 Å². The van der Waals surface area contributed by atoms with Crippen LogP contribution in [0.4, 0.5) is 0 Å². The van der Waals surface area contributed by atoms with E-state index in [0.717, 1.165) is 54.3 Å². The number of hydrogen-bond donors (Lipinski definition) is 0. The fraction of sp³-hybridized carbons (Fsp3) is 0.375. The van der Waals surface area contributed by atoms with Crippen LogP contribution >= 0.6 is 0 Å². The molecule has 2 aliphatic rings. The van der Waals surface area contributed by atoms with Crippen molar-refractivity contribution in [1.82, 2.24) is 14.8 Å². The molecule has 0 radical (unpaired) electrons. The molecule has 1 aromatic heterocycles. The van der Waals surface area contributed by atoms with Gasteiger partial charge in [-0.15, -0.1) is 0 Å². The van der Waals surface area contributed by atoms with Crippen molar-refractivity contribution in [3.63, 3.8) is 0 Å². The summed E-state index contributed by atoms with van der Waals surface area (Å²) in [5.41, 5.74) is 5.71. The average molecular weight is 389 g/mol. The van der Waals surface area contributed by atoms with Crippen molar-refractivity contribution in [2.45, 2.75) is 19.9 Å². The minimum absolute atomic E-state index is 0.282. The molecule has 0 spiro atoms. The highest BCUT2D eigenvalue weighted by Crippen LogP contribution is 2.37. The van der Waals surface area contributed by atoms with Gasteiger partial charge in [-0.2, -0.15) is 0 Å². The van der Waals surface area contributed by atoms with E-state index in [4.69, 9.17) is 14.5 Å². The lowest BCUT2D eigenvalue weighted by Crippen LogP contribution is -2.28. The molecule has 29 heavy (non-hydrogen) atoms. The van der Waals surface area contributed by atoms with Crippen LogP contribution in [-0.2, 0) is 6.54 Å². The van der Waals surface area contributed by atoms with Gasteiger partial charge in [-0.25, -0.2) is 4.98 Å². The molecule has 5 rings (SSSR count). The van der Waals surface area contributed by atoms with Gasteiger partial charge in [0.05, 0.1) is 11.2 Å². The average Bonchev–Trinajstić information content (AvgIpc) is 3.07. The Balaban J connectivity index is 1.59. The first-order chi connectivity index (χ1) is 14.2. The summed E-state index contributed by atoms with van der Waals surface area (Å²) in [7, 11) is 2.21. The van der Waals surface area contributed by atoms with Gasteiger partial charge in [0.25, 0.3) is 0 Å². The smallest absolute Gasteiger partial charge is 0.231 e. The van der Waals surface area contributed by atoms with E-state index in [1.807, 2.05) is 6.07 Å². The monoisotopic (exact) mass is 389 g/mol. The zero-order valence-electron chi connectivity index (χ0n) is 17.1. The van der Waals surface area contributed by atoms with Crippen LogP contribution in [0.3, 0.4) is 0 Å². The Hall–Kier alpha value is -2.63. The molecule has 1 fully saturated rings. The molecule has 0 unspecified atom stereocenters. The Kier molecular flexibility index (Phi) is 4.86. The summed E-state index contributed by atoms with van der Waals surface area (Å²) in [6.07, 6.45) is 1.20. The second-order valence-corrected chi connectivity index (χ2v) is 8.20. The standard InChI is InChI=1S/C24H27N3O2/c1-17-5-3-6-18(11-17)24-20(15-27-8-4-7-26(2)9-10-27)12-19-13-22-23(29-16-28-22)14-21(19)25-24/h3,5-6,11-14H,4,7-10,15-16H2,1-2H3. The number of ether oxygens (including phenoxy) is 2. The third-order valence-electron chi connectivity index (χ3n) is 5.89. The Morgan fingerprint density at radius 2 is 1.83 bits per heavy atom. The maximum absolute atomic E-state index is 5.59. The van der Waals surface area contributed by atoms with Crippen LogP contribution in [0.2, 0.25) is 0 Å². The highest BCUT2D eigenvalue weighted by Gasteiger charge is 2.19. The molecule has 5 nitrogen and oxygen atoms in total. The van der Waals surface area contributed by atoms with Crippen LogP contribution in [0.5, 0.6) is 11.5 Å². The van der Waals surface area contributed by atoms with E-state index < -0.39 is 0 Å². The number of benzene rings is 2. The SMILES string of the molecule is Cc1cccc(-c2nc3cc4c(cc3cc2CN2CCCN(C)CC2)OCO4)c1. The maximum atomic E-state index is 5.59. The van der Waals surface area contributed by atoms with Gasteiger partial charge in [0, 0.05) is 36.7 Å². The topological polar surface area (TPSA) is 37.8 Å². The summed E-state index contributed by atoms with van der Waals surface area (Å²) in [6, 6.07) is 15.0. The molecule has 2 aromatic carbocycles. The van der Waals surface area contributed by atoms with Crippen molar-refractivity contribution < 1.29 is 9.47 Å². The minimum Gasteiger partial charge on any atom is -0.454 e. The van der Waals surface area contributed by atoms with Crippen LogP contribution < -0.4 is 9.47 Å². The van der Waals surface area contributed by atoms with Gasteiger partial charge < -0.3 is 14.4 Å². The molecule has 0 saturated carbocycles. The van der Waals surface area contributed by atoms with Crippen LogP contribution in [0.25, 0.3) is 22.2 Å². The van der Waals surface area contributed by atoms with Gasteiger partial charge in [-0.1, -0.05) is 23.8 Å². The first kappa shape index (κ1) is 18.4. The zero-order chi connectivity index (χ0) is 19.8. The van der Waals surface area contributed by atoms with Gasteiger partial charge in [-0.05, 0) is 57.2 Å². The Morgan fingerprint density at radius 3 is 2.69 bits per heavy atom. The third kappa shape index (κ3) is 3.80. The number of rotatable bonds is 3. The molecule has 1 saturated heterocycles. The molecular weight excluding hydrogens is 362 g/mol. The molecule has 0 atom stereocenters. The van der Waals surface area contributed by atoms with Crippen molar-refractivity contribution in [3.05, 3.63) is 53.6 Å². The highest BCUT2D eigenvalue weighted by molar-refractivity contribution is 5.86. The number of aromatic nitrogens is 1. The summed E-state index contributed by atoms with van der Waals surface area (Å²) in [4.78, 5) is 10.1. The van der Waals surface area contributed by atoms with Gasteiger partial charge in [0.1, 0.15) is 0 Å². The van der Waals surface area contributed by atoms with Crippen molar-refractivity contribution in [1.29, 1.82) is 0 Å². The Bertz CT molecular complexity index is 1050. The molecule has 2 aliphatic heterocycles. The van der Waals surface area contributed by atoms with Gasteiger partial charge in [-0.3, -0.25) is 4.90 Å². The number of fused-ring (bicyclic) bond motifs is 2. The lowest BCUT2D eigenvalue weighted by molar-refractivity contribution is 0.174. The fourth-order valence-electron chi connectivity index (χ4n) is 4.27. The van der Waals surface area contributed by atoms with Gasteiger partial charge >= 0.3 is 0 Å². The maximum Gasteiger partial charge on any atom is 0.231 e. The third-order valence-corrected chi connectivity index (χ3v) is 5.89. The van der Waals surface area contributed by atoms with E-state index in [1.165, 1.54) is 29.7 Å². The van der Waals surface area contributed by atoms with E-state index >= 15 is 0 Å². The molecule has 0 amide bonds. The number of nitrogens with zero attached hydrogens (tertiary/aromatic N) is 3. The molecule has 3 heterocycles. The summed E-state index contributed by atoms with van der Waals surface area (Å²) < 4.78 is 11.2. The first-order valence-corrected chi connectivity index (χ1v) is 10.4. The molecule has 0 bridgehead atoms. The molecule has 5 heteroatoms. The normalized spacial score (nSPS) is 17.6. The van der Waals surface area contributed by atoms with Gasteiger partial charge in [0.2, 0.25) is 6.79 Å². The molecule has 0 N–H and O–H groups in total. The Morgan fingerprint density at radius 1 is 0.966 bits per heavy atom. The van der Waals surface area contributed by atoms with Crippen LogP contribution in [0.15, 0.2) is 42.5 Å². The lowest BCUT2D eigenvalue weighted by Gasteiger charge is -2.22. The summed E-state index contributed by atoms with van der Waals surface area (Å²) >= 11 is 0. The van der Waals surface area contributed by atoms with Crippen molar-refractivity contribution in [2.24, 2.45) is 0 Å².